The van der Waals surface area contributed by atoms with Gasteiger partial charge in [-0.2, -0.15) is 0 Å². The molecule has 2 aliphatic heterocycles. The zero-order valence-corrected chi connectivity index (χ0v) is 18.0. The number of hydrogen-bond acceptors (Lipinski definition) is 4. The summed E-state index contributed by atoms with van der Waals surface area (Å²) in [6.07, 6.45) is -0.952. The Labute approximate surface area is 189 Å². The van der Waals surface area contributed by atoms with Crippen molar-refractivity contribution in [1.29, 1.82) is 0 Å². The summed E-state index contributed by atoms with van der Waals surface area (Å²) < 4.78 is 0. The van der Waals surface area contributed by atoms with E-state index in [1.54, 1.807) is 36.3 Å². The summed E-state index contributed by atoms with van der Waals surface area (Å²) in [5, 5.41) is 2.63. The van der Waals surface area contributed by atoms with Gasteiger partial charge >= 0.3 is 0 Å². The second-order valence-electron chi connectivity index (χ2n) is 7.58. The number of benzene rings is 3. The Morgan fingerprint density at radius 2 is 1.48 bits per heavy atom. The third kappa shape index (κ3) is 3.12. The molecule has 2 fully saturated rings. The maximum atomic E-state index is 13.6. The minimum atomic E-state index is -0.952. The van der Waals surface area contributed by atoms with Gasteiger partial charge in [-0.3, -0.25) is 14.4 Å². The van der Waals surface area contributed by atoms with Crippen molar-refractivity contribution in [2.75, 3.05) is 9.96 Å². The molecule has 0 saturated carbocycles. The lowest BCUT2D eigenvalue weighted by molar-refractivity contribution is -0.126. The van der Waals surface area contributed by atoms with Crippen LogP contribution in [0.15, 0.2) is 72.8 Å². The van der Waals surface area contributed by atoms with Gasteiger partial charge in [0.05, 0.1) is 17.4 Å². The third-order valence-electron chi connectivity index (χ3n) is 5.83. The van der Waals surface area contributed by atoms with Crippen LogP contribution in [-0.4, -0.2) is 17.9 Å². The quantitative estimate of drug-likeness (QED) is 0.502. The van der Waals surface area contributed by atoms with Crippen molar-refractivity contribution in [2.24, 2.45) is 5.92 Å². The molecule has 31 heavy (non-hydrogen) atoms. The average Bonchev–Trinajstić information content (AvgIpc) is 3.28. The standard InChI is InChI=1S/C24H18Cl2N2O3/c1-14-17(25)12-7-13-19(14)27-23(29)20-21(16-10-5-6-11-18(16)26)28(31-22(20)24(27)30)15-8-3-2-4-9-15/h2-13,20-22H,1H3/t20-,21+,22+/m1/s1. The molecule has 2 amide bonds. The van der Waals surface area contributed by atoms with Gasteiger partial charge in [0.1, 0.15) is 5.92 Å². The molecule has 5 rings (SSSR count). The molecule has 0 bridgehead atoms. The molecule has 0 unspecified atom stereocenters. The van der Waals surface area contributed by atoms with E-state index < -0.39 is 24.0 Å². The molecule has 3 aromatic rings. The summed E-state index contributed by atoms with van der Waals surface area (Å²) in [7, 11) is 0. The molecule has 2 saturated heterocycles. The monoisotopic (exact) mass is 452 g/mol. The topological polar surface area (TPSA) is 49.9 Å². The first-order valence-corrected chi connectivity index (χ1v) is 10.6. The number of hydrogen-bond donors (Lipinski definition) is 0. The summed E-state index contributed by atoms with van der Waals surface area (Å²) >= 11 is 12.8. The van der Waals surface area contributed by atoms with E-state index >= 15 is 0 Å². The van der Waals surface area contributed by atoms with Crippen LogP contribution in [0, 0.1) is 12.8 Å². The Bertz CT molecular complexity index is 1180. The number of hydroxylamine groups is 1. The lowest BCUT2D eigenvalue weighted by Gasteiger charge is -2.29. The Hall–Kier alpha value is -2.86. The summed E-state index contributed by atoms with van der Waals surface area (Å²) in [5.41, 5.74) is 2.61. The molecule has 7 heteroatoms. The fraction of sp³-hybridized carbons (Fsp3) is 0.167. The van der Waals surface area contributed by atoms with Crippen molar-refractivity contribution in [1.82, 2.24) is 0 Å². The molecule has 0 N–H and O–H groups in total. The van der Waals surface area contributed by atoms with Gasteiger partial charge < -0.3 is 0 Å². The number of carbonyl (C=O) groups excluding carboxylic acids is 2. The molecule has 156 valence electrons. The lowest BCUT2D eigenvalue weighted by Crippen LogP contribution is -2.37. The number of fused-ring (bicyclic) bond motifs is 1. The first kappa shape index (κ1) is 20.1. The van der Waals surface area contributed by atoms with Crippen LogP contribution >= 0.6 is 23.2 Å². The van der Waals surface area contributed by atoms with Crippen molar-refractivity contribution in [2.45, 2.75) is 19.1 Å². The highest BCUT2D eigenvalue weighted by Crippen LogP contribution is 2.49. The highest BCUT2D eigenvalue weighted by Gasteiger charge is 2.60. The SMILES string of the molecule is Cc1c(Cl)cccc1N1C(=O)[C@H]2[C@H](ON(c3ccccc3)[C@H]2c2ccccc2Cl)C1=O. The normalized spacial score (nSPS) is 22.9. The van der Waals surface area contributed by atoms with Gasteiger partial charge in [0.25, 0.3) is 5.91 Å². The molecular formula is C24H18Cl2N2O3. The number of anilines is 2. The summed E-state index contributed by atoms with van der Waals surface area (Å²) in [4.78, 5) is 34.3. The highest BCUT2D eigenvalue weighted by molar-refractivity contribution is 6.33. The van der Waals surface area contributed by atoms with Crippen molar-refractivity contribution in [3.05, 3.63) is 94.0 Å². The van der Waals surface area contributed by atoms with Crippen LogP contribution in [0.5, 0.6) is 0 Å². The molecule has 2 heterocycles. The van der Waals surface area contributed by atoms with Gasteiger partial charge in [-0.25, -0.2) is 9.96 Å². The zero-order valence-electron chi connectivity index (χ0n) is 16.5. The molecule has 0 radical (unpaired) electrons. The van der Waals surface area contributed by atoms with Crippen LogP contribution in [0.25, 0.3) is 0 Å². The van der Waals surface area contributed by atoms with E-state index in [4.69, 9.17) is 28.0 Å². The van der Waals surface area contributed by atoms with E-state index in [1.807, 2.05) is 48.5 Å². The van der Waals surface area contributed by atoms with Gasteiger partial charge in [0.15, 0.2) is 6.10 Å². The van der Waals surface area contributed by atoms with Gasteiger partial charge in [-0.1, -0.05) is 65.7 Å². The predicted octanol–water partition coefficient (Wildman–Crippen LogP) is 5.35. The average molecular weight is 453 g/mol. The summed E-state index contributed by atoms with van der Waals surface area (Å²) in [5.74, 6) is -1.48. The van der Waals surface area contributed by atoms with Crippen molar-refractivity contribution in [3.8, 4) is 0 Å². The van der Waals surface area contributed by atoms with Crippen molar-refractivity contribution in [3.63, 3.8) is 0 Å². The van der Waals surface area contributed by atoms with Gasteiger partial charge in [0.2, 0.25) is 5.91 Å². The van der Waals surface area contributed by atoms with Crippen LogP contribution in [-0.2, 0) is 14.4 Å². The molecule has 0 spiro atoms. The van der Waals surface area contributed by atoms with Crippen LogP contribution < -0.4 is 9.96 Å². The molecule has 3 atom stereocenters. The van der Waals surface area contributed by atoms with Crippen LogP contribution in [0.1, 0.15) is 17.2 Å². The smallest absolute Gasteiger partial charge is 0.266 e. The molecule has 3 aromatic carbocycles. The van der Waals surface area contributed by atoms with Gasteiger partial charge in [0, 0.05) is 10.0 Å². The molecule has 5 nitrogen and oxygen atoms in total. The molecular weight excluding hydrogens is 435 g/mol. The third-order valence-corrected chi connectivity index (χ3v) is 6.58. The molecule has 2 aliphatic rings. The lowest BCUT2D eigenvalue weighted by atomic mass is 9.90. The summed E-state index contributed by atoms with van der Waals surface area (Å²) in [6.45, 7) is 1.79. The maximum Gasteiger partial charge on any atom is 0.266 e. The van der Waals surface area contributed by atoms with E-state index in [0.29, 0.717) is 21.3 Å². The fourth-order valence-electron chi connectivity index (χ4n) is 4.32. The van der Waals surface area contributed by atoms with Gasteiger partial charge in [-0.15, -0.1) is 0 Å². The van der Waals surface area contributed by atoms with Crippen LogP contribution in [0.4, 0.5) is 11.4 Å². The van der Waals surface area contributed by atoms with Crippen molar-refractivity contribution >= 4 is 46.4 Å². The Morgan fingerprint density at radius 1 is 0.806 bits per heavy atom. The predicted molar refractivity (Wildman–Crippen MR) is 120 cm³/mol. The number of rotatable bonds is 3. The first-order chi connectivity index (χ1) is 15.0. The van der Waals surface area contributed by atoms with Crippen molar-refractivity contribution < 1.29 is 14.4 Å². The van der Waals surface area contributed by atoms with Crippen LogP contribution in [0.2, 0.25) is 10.0 Å². The Kier molecular flexibility index (Phi) is 4.97. The minimum absolute atomic E-state index is 0.330. The van der Waals surface area contributed by atoms with E-state index in [1.165, 1.54) is 4.90 Å². The Balaban J connectivity index is 1.63. The highest BCUT2D eigenvalue weighted by atomic mass is 35.5. The zero-order chi connectivity index (χ0) is 21.7. The Morgan fingerprint density at radius 3 is 2.23 bits per heavy atom. The van der Waals surface area contributed by atoms with E-state index in [9.17, 15) is 9.59 Å². The number of amides is 2. The van der Waals surface area contributed by atoms with E-state index in [-0.39, 0.29) is 5.91 Å². The fourth-order valence-corrected chi connectivity index (χ4v) is 4.74. The van der Waals surface area contributed by atoms with E-state index in [2.05, 4.69) is 0 Å². The number of para-hydroxylation sites is 1. The van der Waals surface area contributed by atoms with Crippen LogP contribution in [0.3, 0.4) is 0 Å². The first-order valence-electron chi connectivity index (χ1n) is 9.87. The number of imide groups is 1. The number of nitrogens with zero attached hydrogens (tertiary/aromatic N) is 2. The molecule has 0 aliphatic carbocycles. The van der Waals surface area contributed by atoms with E-state index in [0.717, 1.165) is 11.3 Å². The largest absolute Gasteiger partial charge is 0.273 e. The molecule has 0 aromatic heterocycles. The van der Waals surface area contributed by atoms with Gasteiger partial charge in [-0.05, 0) is 48.4 Å². The minimum Gasteiger partial charge on any atom is -0.273 e. The summed E-state index contributed by atoms with van der Waals surface area (Å²) in [6, 6.07) is 21.3. The second-order valence-corrected chi connectivity index (χ2v) is 8.39. The second kappa shape index (κ2) is 7.68. The number of halogens is 2. The maximum absolute atomic E-state index is 13.6. The number of carbonyl (C=O) groups is 2.